The summed E-state index contributed by atoms with van der Waals surface area (Å²) in [7, 11) is -8.43. The van der Waals surface area contributed by atoms with Crippen LogP contribution >= 0.6 is 0 Å². The Morgan fingerprint density at radius 3 is 2.03 bits per heavy atom. The van der Waals surface area contributed by atoms with Crippen molar-refractivity contribution in [3.63, 3.8) is 0 Å². The number of nitro benzene ring substituents is 1. The van der Waals surface area contributed by atoms with Crippen LogP contribution in [0.15, 0.2) is 34.2 Å². The second kappa shape index (κ2) is 10.8. The first-order chi connectivity index (χ1) is 17.2. The van der Waals surface area contributed by atoms with Gasteiger partial charge >= 0.3 is 18.3 Å². The van der Waals surface area contributed by atoms with Crippen molar-refractivity contribution in [2.24, 2.45) is 7.05 Å². The van der Waals surface area contributed by atoms with E-state index in [-0.39, 0.29) is 17.7 Å². The topological polar surface area (TPSA) is 179 Å². The molecule has 1 heterocycles. The zero-order chi connectivity index (χ0) is 29.3. The molecule has 0 unspecified atom stereocenters. The fraction of sp³-hybridized carbons (Fsp3) is 0.444. The molecule has 1 aromatic heterocycles. The lowest BCUT2D eigenvalue weighted by Crippen LogP contribution is -2.31. The molecule has 1 aliphatic rings. The lowest BCUT2D eigenvalue weighted by Gasteiger charge is -2.12. The maximum Gasteiger partial charge on any atom is 0.490 e. The van der Waals surface area contributed by atoms with Crippen molar-refractivity contribution >= 4 is 31.7 Å². The van der Waals surface area contributed by atoms with E-state index in [0.29, 0.717) is 25.0 Å². The Labute approximate surface area is 210 Å². The number of halogens is 6. The summed E-state index contributed by atoms with van der Waals surface area (Å²) in [5.41, 5.74) is -2.68. The van der Waals surface area contributed by atoms with Crippen molar-refractivity contribution in [3.05, 3.63) is 45.8 Å². The molecule has 1 saturated carbocycles. The average Bonchev–Trinajstić information content (AvgIpc) is 3.41. The maximum atomic E-state index is 12.9. The fourth-order valence-corrected chi connectivity index (χ4v) is 6.77. The Kier molecular flexibility index (Phi) is 8.84. The third kappa shape index (κ3) is 7.40. The van der Waals surface area contributed by atoms with E-state index >= 15 is 0 Å². The number of carbonyl (C=O) groups is 1. The third-order valence-corrected chi connectivity index (χ3v) is 8.66. The zero-order valence-electron chi connectivity index (χ0n) is 18.9. The summed E-state index contributed by atoms with van der Waals surface area (Å²) >= 11 is 0. The van der Waals surface area contributed by atoms with Gasteiger partial charge in [-0.05, 0) is 25.0 Å². The minimum absolute atomic E-state index is 0.0369. The van der Waals surface area contributed by atoms with Crippen LogP contribution in [-0.4, -0.2) is 48.8 Å². The largest absolute Gasteiger partial charge is 0.490 e. The molecular weight excluding hydrogens is 578 g/mol. The average molecular weight is 596 g/mol. The number of benzene rings is 1. The van der Waals surface area contributed by atoms with E-state index in [1.807, 2.05) is 0 Å². The molecule has 1 aliphatic carbocycles. The Morgan fingerprint density at radius 1 is 1.08 bits per heavy atom. The molecule has 20 heteroatoms. The van der Waals surface area contributed by atoms with E-state index in [0.717, 1.165) is 19.0 Å². The van der Waals surface area contributed by atoms with Crippen LogP contribution in [0, 0.1) is 10.1 Å². The van der Waals surface area contributed by atoms with Crippen molar-refractivity contribution in [3.8, 4) is 0 Å². The molecule has 0 atom stereocenters. The zero-order valence-corrected chi connectivity index (χ0v) is 20.6. The Hall–Kier alpha value is -3.26. The van der Waals surface area contributed by atoms with Gasteiger partial charge in [-0.3, -0.25) is 14.8 Å². The van der Waals surface area contributed by atoms with E-state index in [9.17, 15) is 53.3 Å². The molecule has 0 radical (unpaired) electrons. The highest BCUT2D eigenvalue weighted by molar-refractivity contribution is 8.04. The summed E-state index contributed by atoms with van der Waals surface area (Å²) in [4.78, 5) is 17.2. The number of nitrogens with zero attached hydrogens (tertiary/aromatic N) is 3. The van der Waals surface area contributed by atoms with Gasteiger partial charge in [-0.2, -0.15) is 31.4 Å². The number of hydrogen-bond donors (Lipinski definition) is 2. The van der Waals surface area contributed by atoms with Gasteiger partial charge in [-0.1, -0.05) is 12.8 Å². The molecular formula is C18H18F6N4O8S2. The number of sulfonamides is 2. The van der Waals surface area contributed by atoms with Crippen LogP contribution in [0.3, 0.4) is 0 Å². The first kappa shape index (κ1) is 31.0. The van der Waals surface area contributed by atoms with E-state index in [1.165, 1.54) is 15.9 Å². The molecule has 1 aromatic carbocycles. The van der Waals surface area contributed by atoms with Crippen LogP contribution in [0.25, 0.3) is 0 Å². The number of aryl methyl sites for hydroxylation is 1. The molecule has 0 saturated heterocycles. The maximum absolute atomic E-state index is 12.9. The summed E-state index contributed by atoms with van der Waals surface area (Å²) in [6.07, 6.45) is -5.91. The van der Waals surface area contributed by atoms with E-state index < -0.39 is 64.3 Å². The molecule has 212 valence electrons. The number of nitro groups is 1. The van der Waals surface area contributed by atoms with Crippen LogP contribution < -0.4 is 4.13 Å². The highest BCUT2D eigenvalue weighted by Crippen LogP contribution is 2.37. The van der Waals surface area contributed by atoms with Gasteiger partial charge in [0.05, 0.1) is 16.2 Å². The quantitative estimate of drug-likeness (QED) is 0.288. The van der Waals surface area contributed by atoms with Crippen molar-refractivity contribution in [1.29, 1.82) is 0 Å². The number of alkyl halides is 6. The van der Waals surface area contributed by atoms with Gasteiger partial charge < -0.3 is 5.11 Å². The van der Waals surface area contributed by atoms with E-state index in [1.54, 1.807) is 0 Å². The predicted octanol–water partition coefficient (Wildman–Crippen LogP) is 3.31. The van der Waals surface area contributed by atoms with Crippen molar-refractivity contribution in [2.75, 3.05) is 0 Å². The number of rotatable bonds is 6. The molecule has 1 fully saturated rings. The van der Waals surface area contributed by atoms with Crippen LogP contribution in [0.2, 0.25) is 0 Å². The highest BCUT2D eigenvalue weighted by atomic mass is 32.3. The number of aliphatic carboxylic acids is 1. The van der Waals surface area contributed by atoms with Crippen molar-refractivity contribution in [2.45, 2.75) is 53.7 Å². The van der Waals surface area contributed by atoms with Gasteiger partial charge in [0.15, 0.2) is 4.90 Å². The lowest BCUT2D eigenvalue weighted by molar-refractivity contribution is -0.388. The number of hydrogen-bond acceptors (Lipinski definition) is 8. The summed E-state index contributed by atoms with van der Waals surface area (Å²) in [5.74, 6) is -2.96. The molecule has 3 rings (SSSR count). The first-order valence-corrected chi connectivity index (χ1v) is 13.1. The predicted molar refractivity (Wildman–Crippen MR) is 114 cm³/mol. The lowest BCUT2D eigenvalue weighted by atomic mass is 10.1. The number of carboxylic acid groups (broad SMARTS) is 1. The van der Waals surface area contributed by atoms with Crippen molar-refractivity contribution < 1.29 is 58.0 Å². The molecule has 12 nitrogen and oxygen atoms in total. The third-order valence-electron chi connectivity index (χ3n) is 5.09. The van der Waals surface area contributed by atoms with Gasteiger partial charge in [0, 0.05) is 25.2 Å². The highest BCUT2D eigenvalue weighted by Gasteiger charge is 2.39. The molecule has 0 bridgehead atoms. The summed E-state index contributed by atoms with van der Waals surface area (Å²) in [5, 5.41) is 22.4. The van der Waals surface area contributed by atoms with E-state index in [4.69, 9.17) is 9.90 Å². The summed E-state index contributed by atoms with van der Waals surface area (Å²) in [6.45, 7) is 0. The molecule has 0 amide bonds. The smallest absolute Gasteiger partial charge is 0.475 e. The van der Waals surface area contributed by atoms with Gasteiger partial charge in [0.1, 0.15) is 4.90 Å². The van der Waals surface area contributed by atoms with Crippen LogP contribution in [-0.2, 0) is 38.1 Å². The van der Waals surface area contributed by atoms with Crippen LogP contribution in [0.5, 0.6) is 0 Å². The Balaban J connectivity index is 0.000000638. The molecule has 0 aliphatic heterocycles. The second-order valence-electron chi connectivity index (χ2n) is 7.86. The number of carboxylic acids is 1. The van der Waals surface area contributed by atoms with Gasteiger partial charge in [0.25, 0.3) is 25.7 Å². The molecule has 2 N–H and O–H groups in total. The SMILES string of the molecule is Cn1cc(S(=O)(=O)NS(=O)(=O)c2ccc(C(F)(F)F)cc2[N+](=O)[O-])c(C2CCCC2)n1.O=C(O)C(F)(F)F. The molecule has 0 spiro atoms. The fourth-order valence-electron chi connectivity index (χ4n) is 3.47. The van der Waals surface area contributed by atoms with Gasteiger partial charge in [-0.25, -0.2) is 21.6 Å². The monoisotopic (exact) mass is 596 g/mol. The van der Waals surface area contributed by atoms with Crippen molar-refractivity contribution in [1.82, 2.24) is 13.9 Å². The first-order valence-electron chi connectivity index (χ1n) is 10.1. The normalized spacial score (nSPS) is 15.1. The number of aromatic nitrogens is 2. The van der Waals surface area contributed by atoms with Crippen LogP contribution in [0.4, 0.5) is 32.0 Å². The molecule has 2 aromatic rings. The Morgan fingerprint density at radius 2 is 1.58 bits per heavy atom. The Bertz CT molecular complexity index is 1430. The standard InChI is InChI=1S/C16H17F3N4O6S2.C2HF3O2/c1-22-9-14(15(20-22)10-4-2-3-5-10)31(28,29)21-30(26,27)13-7-6-11(16(17,18)19)8-12(13)23(24)25;3-2(4,5)1(6)7/h6-10,21H,2-5H2,1H3;(H,6,7). The van der Waals surface area contributed by atoms with Crippen LogP contribution in [0.1, 0.15) is 42.9 Å². The summed E-state index contributed by atoms with van der Waals surface area (Å²) < 4.78 is 124. The molecule has 38 heavy (non-hydrogen) atoms. The summed E-state index contributed by atoms with van der Waals surface area (Å²) in [6, 6.07) is 0.706. The van der Waals surface area contributed by atoms with Gasteiger partial charge in [0.2, 0.25) is 0 Å². The van der Waals surface area contributed by atoms with E-state index in [2.05, 4.69) is 5.10 Å². The minimum atomic E-state index is -5.12. The number of nitrogens with one attached hydrogen (secondary N) is 1. The second-order valence-corrected chi connectivity index (χ2v) is 11.4. The minimum Gasteiger partial charge on any atom is -0.475 e. The van der Waals surface area contributed by atoms with Gasteiger partial charge in [-0.15, -0.1) is 4.13 Å².